The van der Waals surface area contributed by atoms with Gasteiger partial charge in [0.2, 0.25) is 5.91 Å². The van der Waals surface area contributed by atoms with Gasteiger partial charge in [-0.3, -0.25) is 4.79 Å². The molecule has 1 unspecified atom stereocenters. The summed E-state index contributed by atoms with van der Waals surface area (Å²) < 4.78 is 26.8. The Morgan fingerprint density at radius 2 is 2.31 bits per heavy atom. The van der Waals surface area contributed by atoms with Crippen LogP contribution in [0.5, 0.6) is 0 Å². The smallest absolute Gasteiger partial charge is 0.239 e. The van der Waals surface area contributed by atoms with Crippen LogP contribution in [0.15, 0.2) is 0 Å². The van der Waals surface area contributed by atoms with Crippen molar-refractivity contribution in [3.8, 4) is 0 Å². The van der Waals surface area contributed by atoms with Gasteiger partial charge in [0.05, 0.1) is 19.0 Å². The number of sulfone groups is 1. The van der Waals surface area contributed by atoms with Gasteiger partial charge >= 0.3 is 0 Å². The van der Waals surface area contributed by atoms with Crippen LogP contribution >= 0.6 is 0 Å². The summed E-state index contributed by atoms with van der Waals surface area (Å²) in [6.45, 7) is 2.04. The SMILES string of the molecule is CS(=O)(=O)CCCNC(=O)C1COCCN1. The first-order valence-electron chi connectivity index (χ1n) is 5.25. The van der Waals surface area contributed by atoms with Crippen LogP contribution in [-0.2, 0) is 19.4 Å². The normalized spacial score (nSPS) is 21.7. The molecule has 2 N–H and O–H groups in total. The van der Waals surface area contributed by atoms with E-state index in [1.54, 1.807) is 0 Å². The van der Waals surface area contributed by atoms with Crippen molar-refractivity contribution < 1.29 is 17.9 Å². The third-order valence-corrected chi connectivity index (χ3v) is 3.26. The maximum atomic E-state index is 11.5. The van der Waals surface area contributed by atoms with Crippen molar-refractivity contribution in [2.45, 2.75) is 12.5 Å². The summed E-state index contributed by atoms with van der Waals surface area (Å²) in [5.74, 6) is -0.0322. The molecule has 0 aliphatic carbocycles. The van der Waals surface area contributed by atoms with Gasteiger partial charge in [0, 0.05) is 19.3 Å². The maximum absolute atomic E-state index is 11.5. The lowest BCUT2D eigenvalue weighted by Crippen LogP contribution is -2.51. The molecule has 1 heterocycles. The molecule has 0 radical (unpaired) electrons. The zero-order valence-electron chi connectivity index (χ0n) is 9.36. The van der Waals surface area contributed by atoms with E-state index in [1.807, 2.05) is 0 Å². The van der Waals surface area contributed by atoms with Crippen LogP contribution in [0.1, 0.15) is 6.42 Å². The van der Waals surface area contributed by atoms with Gasteiger partial charge in [0.25, 0.3) is 0 Å². The summed E-state index contributed by atoms with van der Waals surface area (Å²) in [6.07, 6.45) is 1.63. The number of morpholine rings is 1. The fraction of sp³-hybridized carbons (Fsp3) is 0.889. The van der Waals surface area contributed by atoms with E-state index < -0.39 is 9.84 Å². The third-order valence-electron chi connectivity index (χ3n) is 2.23. The molecule has 1 saturated heterocycles. The highest BCUT2D eigenvalue weighted by Crippen LogP contribution is 1.93. The van der Waals surface area contributed by atoms with Gasteiger partial charge < -0.3 is 15.4 Å². The zero-order valence-corrected chi connectivity index (χ0v) is 10.2. The largest absolute Gasteiger partial charge is 0.378 e. The third kappa shape index (κ3) is 5.43. The van der Waals surface area contributed by atoms with Crippen LogP contribution in [0.25, 0.3) is 0 Å². The number of ether oxygens (including phenoxy) is 1. The lowest BCUT2D eigenvalue weighted by atomic mass is 10.2. The Hall–Kier alpha value is -0.660. The molecular weight excluding hydrogens is 232 g/mol. The fourth-order valence-corrected chi connectivity index (χ4v) is 2.07. The molecular formula is C9H18N2O4S. The van der Waals surface area contributed by atoms with Crippen molar-refractivity contribution in [1.82, 2.24) is 10.6 Å². The highest BCUT2D eigenvalue weighted by molar-refractivity contribution is 7.90. The number of hydrogen-bond acceptors (Lipinski definition) is 5. The van der Waals surface area contributed by atoms with E-state index in [2.05, 4.69) is 10.6 Å². The minimum absolute atomic E-state index is 0.0991. The molecule has 0 aromatic rings. The molecule has 7 heteroatoms. The molecule has 94 valence electrons. The van der Waals surface area contributed by atoms with E-state index in [4.69, 9.17) is 4.74 Å². The molecule has 0 bridgehead atoms. The first-order valence-corrected chi connectivity index (χ1v) is 7.31. The minimum Gasteiger partial charge on any atom is -0.378 e. The molecule has 0 saturated carbocycles. The van der Waals surface area contributed by atoms with Gasteiger partial charge in [-0.1, -0.05) is 0 Å². The quantitative estimate of drug-likeness (QED) is 0.582. The second kappa shape index (κ2) is 6.17. The summed E-state index contributed by atoms with van der Waals surface area (Å²) >= 11 is 0. The molecule has 16 heavy (non-hydrogen) atoms. The molecule has 1 aliphatic heterocycles. The summed E-state index contributed by atoms with van der Waals surface area (Å²) in [7, 11) is -2.94. The van der Waals surface area contributed by atoms with Crippen LogP contribution < -0.4 is 10.6 Å². The fourth-order valence-electron chi connectivity index (χ4n) is 1.40. The topological polar surface area (TPSA) is 84.5 Å². The monoisotopic (exact) mass is 250 g/mol. The van der Waals surface area contributed by atoms with E-state index in [1.165, 1.54) is 6.26 Å². The Bertz CT molecular complexity index is 322. The summed E-state index contributed by atoms with van der Waals surface area (Å²) in [5.41, 5.74) is 0. The summed E-state index contributed by atoms with van der Waals surface area (Å²) in [5, 5.41) is 5.70. The Balaban J connectivity index is 2.14. The summed E-state index contributed by atoms with van der Waals surface area (Å²) in [6, 6.07) is -0.313. The predicted molar refractivity (Wildman–Crippen MR) is 59.9 cm³/mol. The average molecular weight is 250 g/mol. The van der Waals surface area contributed by atoms with Crippen molar-refractivity contribution in [3.63, 3.8) is 0 Å². The van der Waals surface area contributed by atoms with E-state index in [9.17, 15) is 13.2 Å². The lowest BCUT2D eigenvalue weighted by Gasteiger charge is -2.22. The van der Waals surface area contributed by atoms with Gasteiger partial charge in [0.1, 0.15) is 15.9 Å². The van der Waals surface area contributed by atoms with E-state index in [-0.39, 0.29) is 17.7 Å². The molecule has 1 aliphatic rings. The van der Waals surface area contributed by atoms with Crippen molar-refractivity contribution in [2.75, 3.05) is 38.3 Å². The Morgan fingerprint density at radius 1 is 1.56 bits per heavy atom. The van der Waals surface area contributed by atoms with Gasteiger partial charge in [-0.25, -0.2) is 8.42 Å². The molecule has 1 rings (SSSR count). The number of amides is 1. The standard InChI is InChI=1S/C9H18N2O4S/c1-16(13,14)6-2-3-11-9(12)8-7-15-5-4-10-8/h8,10H,2-7H2,1H3,(H,11,12). The van der Waals surface area contributed by atoms with Gasteiger partial charge in [-0.05, 0) is 6.42 Å². The molecule has 1 amide bonds. The van der Waals surface area contributed by atoms with Crippen LogP contribution in [0, 0.1) is 0 Å². The highest BCUT2D eigenvalue weighted by atomic mass is 32.2. The van der Waals surface area contributed by atoms with Crippen LogP contribution in [0.3, 0.4) is 0 Å². The summed E-state index contributed by atoms with van der Waals surface area (Å²) in [4.78, 5) is 11.5. The van der Waals surface area contributed by atoms with Gasteiger partial charge in [0.15, 0.2) is 0 Å². The first-order chi connectivity index (χ1) is 7.49. The highest BCUT2D eigenvalue weighted by Gasteiger charge is 2.20. The van der Waals surface area contributed by atoms with Crippen molar-refractivity contribution >= 4 is 15.7 Å². The van der Waals surface area contributed by atoms with Crippen LogP contribution in [0.2, 0.25) is 0 Å². The Kier molecular flexibility index (Phi) is 5.17. The van der Waals surface area contributed by atoms with Crippen molar-refractivity contribution in [1.29, 1.82) is 0 Å². The van der Waals surface area contributed by atoms with E-state index in [0.29, 0.717) is 32.7 Å². The number of carbonyl (C=O) groups excluding carboxylic acids is 1. The molecule has 6 nitrogen and oxygen atoms in total. The molecule has 0 spiro atoms. The molecule has 1 atom stereocenters. The number of hydrogen-bond donors (Lipinski definition) is 2. The zero-order chi connectivity index (χ0) is 12.0. The maximum Gasteiger partial charge on any atom is 0.239 e. The first kappa shape index (κ1) is 13.4. The van der Waals surface area contributed by atoms with E-state index >= 15 is 0 Å². The molecule has 0 aromatic heterocycles. The average Bonchev–Trinajstić information content (AvgIpc) is 2.24. The minimum atomic E-state index is -2.94. The predicted octanol–water partition coefficient (Wildman–Crippen LogP) is -1.47. The van der Waals surface area contributed by atoms with Gasteiger partial charge in [-0.15, -0.1) is 0 Å². The second-order valence-corrected chi connectivity index (χ2v) is 6.12. The van der Waals surface area contributed by atoms with Crippen LogP contribution in [0.4, 0.5) is 0 Å². The van der Waals surface area contributed by atoms with E-state index in [0.717, 1.165) is 0 Å². The van der Waals surface area contributed by atoms with Crippen LogP contribution in [-0.4, -0.2) is 58.7 Å². The number of nitrogens with one attached hydrogen (secondary N) is 2. The van der Waals surface area contributed by atoms with Crippen molar-refractivity contribution in [3.05, 3.63) is 0 Å². The Morgan fingerprint density at radius 3 is 2.88 bits per heavy atom. The molecule has 0 aromatic carbocycles. The second-order valence-electron chi connectivity index (χ2n) is 3.86. The lowest BCUT2D eigenvalue weighted by molar-refractivity contribution is -0.125. The Labute approximate surface area is 95.7 Å². The van der Waals surface area contributed by atoms with Crippen molar-refractivity contribution in [2.24, 2.45) is 0 Å². The van der Waals surface area contributed by atoms with Gasteiger partial charge in [-0.2, -0.15) is 0 Å². The number of carbonyl (C=O) groups is 1. The molecule has 1 fully saturated rings. The number of rotatable bonds is 5.